The maximum absolute atomic E-state index is 12.1. The van der Waals surface area contributed by atoms with E-state index in [4.69, 9.17) is 14.2 Å². The molecule has 2 saturated heterocycles. The highest BCUT2D eigenvalue weighted by molar-refractivity contribution is 7.98. The van der Waals surface area contributed by atoms with Crippen LogP contribution in [0.4, 0.5) is 10.7 Å². The first-order valence-electron chi connectivity index (χ1n) is 9.55. The van der Waals surface area contributed by atoms with Crippen LogP contribution in [0.15, 0.2) is 29.0 Å². The number of carbonyl (C=O) groups is 2. The zero-order valence-electron chi connectivity index (χ0n) is 16.4. The fourth-order valence-corrected chi connectivity index (χ4v) is 4.26. The van der Waals surface area contributed by atoms with Gasteiger partial charge >= 0.3 is 12.1 Å². The van der Waals surface area contributed by atoms with Crippen molar-refractivity contribution in [2.24, 2.45) is 5.92 Å². The van der Waals surface area contributed by atoms with Crippen molar-refractivity contribution >= 4 is 29.8 Å². The van der Waals surface area contributed by atoms with Gasteiger partial charge < -0.3 is 14.2 Å². The Kier molecular flexibility index (Phi) is 5.39. The molecule has 9 nitrogen and oxygen atoms in total. The summed E-state index contributed by atoms with van der Waals surface area (Å²) >= 11 is 1.37. The van der Waals surface area contributed by atoms with Gasteiger partial charge in [-0.3, -0.25) is 5.32 Å². The molecule has 0 unspecified atom stereocenters. The summed E-state index contributed by atoms with van der Waals surface area (Å²) in [6.07, 6.45) is 5.99. The number of nitrogens with one attached hydrogen (secondary N) is 2. The minimum absolute atomic E-state index is 0.0687. The molecule has 0 bridgehead atoms. The predicted octanol–water partition coefficient (Wildman–Crippen LogP) is 2.83. The van der Waals surface area contributed by atoms with Gasteiger partial charge in [-0.05, 0) is 44.4 Å². The highest BCUT2D eigenvalue weighted by Gasteiger charge is 2.61. The Bertz CT molecular complexity index is 869. The van der Waals surface area contributed by atoms with E-state index in [1.807, 2.05) is 13.2 Å². The maximum atomic E-state index is 12.1. The molecule has 1 aromatic heterocycles. The van der Waals surface area contributed by atoms with Gasteiger partial charge in [-0.25, -0.2) is 14.7 Å². The topological polar surface area (TPSA) is 119 Å². The molecule has 29 heavy (non-hydrogen) atoms. The summed E-state index contributed by atoms with van der Waals surface area (Å²) in [5.74, 6) is -0.177. The highest BCUT2D eigenvalue weighted by atomic mass is 32.2. The molecule has 0 spiro atoms. The number of H-pyrrole nitrogens is 1. The van der Waals surface area contributed by atoms with Gasteiger partial charge in [0.15, 0.2) is 0 Å². The van der Waals surface area contributed by atoms with Gasteiger partial charge in [-0.2, -0.15) is 4.98 Å². The zero-order valence-corrected chi connectivity index (χ0v) is 17.2. The van der Waals surface area contributed by atoms with Crippen molar-refractivity contribution in [3.8, 4) is 0 Å². The van der Waals surface area contributed by atoms with Crippen molar-refractivity contribution in [2.45, 2.75) is 55.6 Å². The van der Waals surface area contributed by atoms with Gasteiger partial charge in [-0.15, -0.1) is 5.10 Å². The van der Waals surface area contributed by atoms with Crippen LogP contribution in [0.3, 0.4) is 0 Å². The molecule has 3 aliphatic rings. The van der Waals surface area contributed by atoms with Crippen LogP contribution in [0, 0.1) is 5.92 Å². The third kappa shape index (κ3) is 4.18. The van der Waals surface area contributed by atoms with Gasteiger partial charge in [0.1, 0.15) is 18.8 Å². The van der Waals surface area contributed by atoms with Crippen molar-refractivity contribution < 1.29 is 23.8 Å². The summed E-state index contributed by atoms with van der Waals surface area (Å²) in [7, 11) is 0. The summed E-state index contributed by atoms with van der Waals surface area (Å²) in [6, 6.07) is 0. The number of amides is 1. The predicted molar refractivity (Wildman–Crippen MR) is 105 cm³/mol. The monoisotopic (exact) mass is 420 g/mol. The smallest absolute Gasteiger partial charge is 0.414 e. The molecule has 10 heteroatoms. The van der Waals surface area contributed by atoms with Crippen LogP contribution >= 0.6 is 11.8 Å². The van der Waals surface area contributed by atoms with E-state index in [0.717, 1.165) is 18.4 Å². The fraction of sp³-hybridized carbons (Fsp3) is 0.579. The van der Waals surface area contributed by atoms with E-state index in [9.17, 15) is 9.59 Å². The minimum Gasteiger partial charge on any atom is -0.455 e. The lowest BCUT2D eigenvalue weighted by molar-refractivity contribution is -0.140. The number of fused-ring (bicyclic) bond motifs is 3. The third-order valence-electron chi connectivity index (χ3n) is 5.70. The normalized spacial score (nSPS) is 31.2. The first kappa shape index (κ1) is 20.0. The summed E-state index contributed by atoms with van der Waals surface area (Å²) < 4.78 is 16.8. The molecule has 0 saturated carbocycles. The molecular weight excluding hydrogens is 396 g/mol. The molecule has 156 valence electrons. The summed E-state index contributed by atoms with van der Waals surface area (Å²) in [6.45, 7) is 6.12. The Morgan fingerprint density at radius 2 is 2.38 bits per heavy atom. The van der Waals surface area contributed by atoms with Crippen LogP contribution in [-0.2, 0) is 19.0 Å². The molecule has 1 aliphatic carbocycles. The van der Waals surface area contributed by atoms with E-state index in [1.165, 1.54) is 11.8 Å². The van der Waals surface area contributed by atoms with Gasteiger partial charge in [0, 0.05) is 11.5 Å². The molecule has 3 heterocycles. The van der Waals surface area contributed by atoms with E-state index >= 15 is 0 Å². The number of aromatic nitrogens is 3. The molecule has 0 aromatic carbocycles. The van der Waals surface area contributed by atoms with E-state index in [0.29, 0.717) is 23.6 Å². The average Bonchev–Trinajstić information content (AvgIpc) is 3.01. The van der Waals surface area contributed by atoms with Gasteiger partial charge in [0.25, 0.3) is 0 Å². The second-order valence-electron chi connectivity index (χ2n) is 7.66. The number of aromatic amines is 1. The Morgan fingerprint density at radius 1 is 1.55 bits per heavy atom. The largest absolute Gasteiger partial charge is 0.455 e. The van der Waals surface area contributed by atoms with Crippen molar-refractivity contribution in [3.05, 3.63) is 23.8 Å². The fourth-order valence-electron chi connectivity index (χ4n) is 3.94. The standard InChI is InChI=1S/C19H24N4O5S/c1-10-12-7-6-11(9-26-18(25)21-16-20-17(29-3)23-22-16)5-4-8-19(2)14(28-19)13(12)27-15(10)24/h5,12-14H,1,4,6-9H2,2-3H3,(H2,20,21,22,23,25)/t12-,13-,14-,19+/m0/s1. The first-order chi connectivity index (χ1) is 13.9. The number of esters is 1. The number of carbonyl (C=O) groups excluding carboxylic acids is 2. The molecule has 2 fully saturated rings. The zero-order chi connectivity index (χ0) is 20.6. The average molecular weight is 420 g/mol. The number of thioether (sulfide) groups is 1. The van der Waals surface area contributed by atoms with E-state index < -0.39 is 6.09 Å². The summed E-state index contributed by atoms with van der Waals surface area (Å²) in [5, 5.41) is 9.62. The molecule has 4 atom stereocenters. The number of allylic oxidation sites excluding steroid dienone is 1. The van der Waals surface area contributed by atoms with Crippen molar-refractivity contribution in [1.29, 1.82) is 0 Å². The van der Waals surface area contributed by atoms with Crippen molar-refractivity contribution in [1.82, 2.24) is 15.2 Å². The molecule has 1 aromatic rings. The number of anilines is 1. The molecule has 2 N–H and O–H groups in total. The molecule has 0 radical (unpaired) electrons. The number of hydrogen-bond donors (Lipinski definition) is 2. The maximum Gasteiger partial charge on any atom is 0.414 e. The first-order valence-corrected chi connectivity index (χ1v) is 10.8. The van der Waals surface area contributed by atoms with Crippen LogP contribution in [-0.4, -0.2) is 57.9 Å². The number of nitrogens with zero attached hydrogens (tertiary/aromatic N) is 2. The second-order valence-corrected chi connectivity index (χ2v) is 8.44. The van der Waals surface area contributed by atoms with Crippen LogP contribution in [0.1, 0.15) is 32.6 Å². The second kappa shape index (κ2) is 7.83. The Labute approximate surface area is 172 Å². The SMILES string of the molecule is C=C1C(=O)O[C@H]2[C@H]1CCC(COC(=O)Nc1nc(SC)n[nH]1)=CCC[C@@]1(C)O[C@@H]21. The van der Waals surface area contributed by atoms with Gasteiger partial charge in [-0.1, -0.05) is 24.4 Å². The van der Waals surface area contributed by atoms with Crippen molar-refractivity contribution in [3.63, 3.8) is 0 Å². The highest BCUT2D eigenvalue weighted by Crippen LogP contribution is 2.49. The van der Waals surface area contributed by atoms with Crippen LogP contribution in [0.2, 0.25) is 0 Å². The molecule has 1 amide bonds. The summed E-state index contributed by atoms with van der Waals surface area (Å²) in [4.78, 5) is 28.2. The van der Waals surface area contributed by atoms with Crippen LogP contribution < -0.4 is 5.32 Å². The number of rotatable bonds is 4. The Hall–Kier alpha value is -2.33. The Balaban J connectivity index is 1.37. The minimum atomic E-state index is -0.606. The molecule has 4 rings (SSSR count). The van der Waals surface area contributed by atoms with Gasteiger partial charge in [0.05, 0.1) is 5.60 Å². The lowest BCUT2D eigenvalue weighted by Crippen LogP contribution is -2.29. The van der Waals surface area contributed by atoms with Gasteiger partial charge in [0.2, 0.25) is 11.1 Å². The van der Waals surface area contributed by atoms with Crippen LogP contribution in [0.5, 0.6) is 0 Å². The lowest BCUT2D eigenvalue weighted by atomic mass is 9.84. The number of epoxide rings is 1. The van der Waals surface area contributed by atoms with E-state index in [-0.39, 0.29) is 42.3 Å². The summed E-state index contributed by atoms with van der Waals surface area (Å²) in [5.41, 5.74) is 1.21. The molecular formula is C19H24N4O5S. The molecule has 2 aliphatic heterocycles. The number of ether oxygens (including phenoxy) is 3. The lowest BCUT2D eigenvalue weighted by Gasteiger charge is -2.20. The van der Waals surface area contributed by atoms with Crippen molar-refractivity contribution in [2.75, 3.05) is 18.2 Å². The third-order valence-corrected chi connectivity index (χ3v) is 6.24. The quantitative estimate of drug-likeness (QED) is 0.251. The van der Waals surface area contributed by atoms with Crippen LogP contribution in [0.25, 0.3) is 0 Å². The Morgan fingerprint density at radius 3 is 3.14 bits per heavy atom. The number of hydrogen-bond acceptors (Lipinski definition) is 8. The van der Waals surface area contributed by atoms with E-state index in [1.54, 1.807) is 0 Å². The van der Waals surface area contributed by atoms with E-state index in [2.05, 4.69) is 33.2 Å².